The Labute approximate surface area is 468 Å². The van der Waals surface area contributed by atoms with E-state index in [1.807, 2.05) is 0 Å². The normalized spacial score (nSPS) is 12.7. The number of unbranched alkanes of at least 4 members (excludes halogenated alkanes) is 46. The van der Waals surface area contributed by atoms with E-state index in [2.05, 4.69) is 55.6 Å². The Morgan fingerprint density at radius 3 is 1.05 bits per heavy atom. The first-order valence-corrected chi connectivity index (χ1v) is 33.7. The molecule has 75 heavy (non-hydrogen) atoms. The van der Waals surface area contributed by atoms with Crippen LogP contribution in [-0.2, 0) is 14.3 Å². The fourth-order valence-electron chi connectivity index (χ4n) is 10.5. The Morgan fingerprint density at radius 2 is 0.667 bits per heavy atom. The second-order valence-corrected chi connectivity index (χ2v) is 23.1. The van der Waals surface area contributed by atoms with Gasteiger partial charge in [0.15, 0.2) is 0 Å². The first-order valence-electron chi connectivity index (χ1n) is 33.7. The summed E-state index contributed by atoms with van der Waals surface area (Å²) in [6, 6.07) is -0.548. The smallest absolute Gasteiger partial charge is 0.305 e. The van der Waals surface area contributed by atoms with Gasteiger partial charge in [0.2, 0.25) is 5.91 Å². The molecule has 1 amide bonds. The van der Waals surface area contributed by atoms with Gasteiger partial charge in [0.1, 0.15) is 0 Å². The minimum absolute atomic E-state index is 0.00358. The monoisotopic (exact) mass is 1050 g/mol. The third kappa shape index (κ3) is 61.2. The van der Waals surface area contributed by atoms with Crippen molar-refractivity contribution in [3.8, 4) is 0 Å². The van der Waals surface area contributed by atoms with Crippen molar-refractivity contribution in [1.82, 2.24) is 5.32 Å². The Morgan fingerprint density at radius 1 is 0.373 bits per heavy atom. The van der Waals surface area contributed by atoms with Crippen molar-refractivity contribution >= 4 is 11.9 Å². The number of hydrogen-bond donors (Lipinski definition) is 3. The van der Waals surface area contributed by atoms with Gasteiger partial charge < -0.3 is 20.3 Å². The number of carbonyl (C=O) groups excluding carboxylic acids is 2. The Hall–Kier alpha value is -1.92. The average molecular weight is 1050 g/mol. The number of allylic oxidation sites excluding steroid dienone is 6. The largest absolute Gasteiger partial charge is 0.466 e. The second kappa shape index (κ2) is 64.6. The molecule has 2 unspecified atom stereocenters. The van der Waals surface area contributed by atoms with Crippen molar-refractivity contribution in [2.24, 2.45) is 0 Å². The fourth-order valence-corrected chi connectivity index (χ4v) is 10.5. The molecule has 6 heteroatoms. The van der Waals surface area contributed by atoms with Crippen LogP contribution in [0, 0.1) is 0 Å². The molecule has 0 aromatic heterocycles. The number of amides is 1. The molecular weight excluding hydrogens is 923 g/mol. The number of hydrogen-bond acceptors (Lipinski definition) is 5. The summed E-state index contributed by atoms with van der Waals surface area (Å²) in [6.07, 6.45) is 81.7. The lowest BCUT2D eigenvalue weighted by Crippen LogP contribution is -2.45. The lowest BCUT2D eigenvalue weighted by molar-refractivity contribution is -0.143. The third-order valence-electron chi connectivity index (χ3n) is 15.7. The van der Waals surface area contributed by atoms with Gasteiger partial charge in [-0.2, -0.15) is 0 Å². The Balaban J connectivity index is 3.42. The standard InChI is InChI=1S/C69H131NO5/c1-3-5-7-9-11-13-15-17-19-20-21-24-27-30-34-37-41-45-49-53-57-61-67(72)66(65-71)70-68(73)62-58-54-50-46-42-38-35-31-28-25-22-23-26-29-32-36-40-44-48-52-56-60-64-75-69(74)63-59-55-51-47-43-39-33-18-16-14-12-10-8-6-4-2/h12,14,18,25,28,33,66-67,71-72H,3-11,13,15-17,19-24,26-27,29-32,34-65H2,1-2H3,(H,70,73)/b14-12-,28-25-,33-18-. The molecule has 0 heterocycles. The highest BCUT2D eigenvalue weighted by molar-refractivity contribution is 5.76. The van der Waals surface area contributed by atoms with Crippen LogP contribution in [0.15, 0.2) is 36.5 Å². The molecule has 442 valence electrons. The van der Waals surface area contributed by atoms with Crippen molar-refractivity contribution in [3.05, 3.63) is 36.5 Å². The maximum Gasteiger partial charge on any atom is 0.305 e. The predicted molar refractivity (Wildman–Crippen MR) is 329 cm³/mol. The zero-order valence-electron chi connectivity index (χ0n) is 50.5. The summed E-state index contributed by atoms with van der Waals surface area (Å²) >= 11 is 0. The number of aliphatic hydroxyl groups is 2. The summed E-state index contributed by atoms with van der Waals surface area (Å²) in [5, 5.41) is 23.4. The Kier molecular flexibility index (Phi) is 63.0. The number of aliphatic hydroxyl groups excluding tert-OH is 2. The van der Waals surface area contributed by atoms with Gasteiger partial charge in [0.25, 0.3) is 0 Å². The lowest BCUT2D eigenvalue weighted by Gasteiger charge is -2.22. The highest BCUT2D eigenvalue weighted by atomic mass is 16.5. The Bertz CT molecular complexity index is 1210. The molecule has 6 nitrogen and oxygen atoms in total. The van der Waals surface area contributed by atoms with Gasteiger partial charge in [-0.3, -0.25) is 9.59 Å². The van der Waals surface area contributed by atoms with E-state index >= 15 is 0 Å². The number of esters is 1. The molecule has 0 aliphatic heterocycles. The van der Waals surface area contributed by atoms with E-state index in [0.29, 0.717) is 25.9 Å². The van der Waals surface area contributed by atoms with Crippen LogP contribution < -0.4 is 5.32 Å². The summed E-state index contributed by atoms with van der Waals surface area (Å²) in [5.74, 6) is -0.0424. The van der Waals surface area contributed by atoms with Gasteiger partial charge in [-0.25, -0.2) is 0 Å². The van der Waals surface area contributed by atoms with Crippen LogP contribution in [0.3, 0.4) is 0 Å². The second-order valence-electron chi connectivity index (χ2n) is 23.1. The van der Waals surface area contributed by atoms with Gasteiger partial charge in [0, 0.05) is 12.8 Å². The summed E-state index contributed by atoms with van der Waals surface area (Å²) < 4.78 is 5.48. The van der Waals surface area contributed by atoms with Crippen LogP contribution in [0.4, 0.5) is 0 Å². The topological polar surface area (TPSA) is 95.9 Å². The van der Waals surface area contributed by atoms with Crippen LogP contribution in [0.1, 0.15) is 367 Å². The van der Waals surface area contributed by atoms with Gasteiger partial charge in [-0.05, 0) is 83.5 Å². The zero-order chi connectivity index (χ0) is 54.3. The van der Waals surface area contributed by atoms with Crippen LogP contribution in [0.25, 0.3) is 0 Å². The molecule has 0 saturated carbocycles. The molecule has 0 aliphatic rings. The fraction of sp³-hybridized carbons (Fsp3) is 0.884. The number of carbonyl (C=O) groups is 2. The molecule has 0 aromatic rings. The maximum absolute atomic E-state index is 12.5. The minimum Gasteiger partial charge on any atom is -0.466 e. The number of ether oxygens (including phenoxy) is 1. The number of rotatable bonds is 63. The summed E-state index contributed by atoms with van der Waals surface area (Å²) in [6.45, 7) is 4.94. The van der Waals surface area contributed by atoms with E-state index in [9.17, 15) is 19.8 Å². The lowest BCUT2D eigenvalue weighted by atomic mass is 10.0. The molecule has 0 rings (SSSR count). The maximum atomic E-state index is 12.5. The van der Waals surface area contributed by atoms with E-state index in [1.165, 1.54) is 283 Å². The van der Waals surface area contributed by atoms with Gasteiger partial charge in [-0.15, -0.1) is 0 Å². The highest BCUT2D eigenvalue weighted by Crippen LogP contribution is 2.18. The molecule has 3 N–H and O–H groups in total. The molecule has 0 radical (unpaired) electrons. The minimum atomic E-state index is -0.670. The first-order chi connectivity index (χ1) is 37.0. The summed E-state index contributed by atoms with van der Waals surface area (Å²) in [5.41, 5.74) is 0. The molecular formula is C69H131NO5. The van der Waals surface area contributed by atoms with Crippen molar-refractivity contribution in [1.29, 1.82) is 0 Å². The molecule has 0 aromatic carbocycles. The van der Waals surface area contributed by atoms with Crippen molar-refractivity contribution in [2.45, 2.75) is 379 Å². The molecule has 0 fully saturated rings. The van der Waals surface area contributed by atoms with E-state index < -0.39 is 12.1 Å². The average Bonchev–Trinajstić information content (AvgIpc) is 3.41. The molecule has 0 aliphatic carbocycles. The summed E-state index contributed by atoms with van der Waals surface area (Å²) in [4.78, 5) is 24.6. The van der Waals surface area contributed by atoms with Gasteiger partial charge >= 0.3 is 5.97 Å². The SMILES string of the molecule is CCCCC/C=C\C/C=C\CCCCCCCC(=O)OCCCCCCCCCCCCC/C=C\CCCCCCCCCC(=O)NC(CO)C(O)CCCCCCCCCCCCCCCCCCCCCCC. The summed E-state index contributed by atoms with van der Waals surface area (Å²) in [7, 11) is 0. The van der Waals surface area contributed by atoms with E-state index in [-0.39, 0.29) is 18.5 Å². The zero-order valence-corrected chi connectivity index (χ0v) is 50.5. The first kappa shape index (κ1) is 73.1. The van der Waals surface area contributed by atoms with Gasteiger partial charge in [-0.1, -0.05) is 307 Å². The number of nitrogens with one attached hydrogen (secondary N) is 1. The van der Waals surface area contributed by atoms with Crippen LogP contribution in [-0.4, -0.2) is 47.4 Å². The van der Waals surface area contributed by atoms with E-state index in [4.69, 9.17) is 4.74 Å². The van der Waals surface area contributed by atoms with Crippen molar-refractivity contribution < 1.29 is 24.5 Å². The third-order valence-corrected chi connectivity index (χ3v) is 15.7. The quantitative estimate of drug-likeness (QED) is 0.0320. The molecule has 0 saturated heterocycles. The molecule has 0 spiro atoms. The van der Waals surface area contributed by atoms with Crippen molar-refractivity contribution in [3.63, 3.8) is 0 Å². The van der Waals surface area contributed by atoms with E-state index in [0.717, 1.165) is 51.4 Å². The van der Waals surface area contributed by atoms with Crippen LogP contribution >= 0.6 is 0 Å². The van der Waals surface area contributed by atoms with Crippen LogP contribution in [0.2, 0.25) is 0 Å². The molecule has 0 bridgehead atoms. The van der Waals surface area contributed by atoms with Crippen LogP contribution in [0.5, 0.6) is 0 Å². The predicted octanol–water partition coefficient (Wildman–Crippen LogP) is 21.5. The highest BCUT2D eigenvalue weighted by Gasteiger charge is 2.20. The van der Waals surface area contributed by atoms with Gasteiger partial charge in [0.05, 0.1) is 25.4 Å². The van der Waals surface area contributed by atoms with Crippen molar-refractivity contribution in [2.75, 3.05) is 13.2 Å². The molecule has 2 atom stereocenters. The van der Waals surface area contributed by atoms with E-state index in [1.54, 1.807) is 0 Å².